The van der Waals surface area contributed by atoms with Crippen LogP contribution in [0.3, 0.4) is 0 Å². The lowest BCUT2D eigenvalue weighted by molar-refractivity contribution is -0.115. The topological polar surface area (TPSA) is 107 Å². The molecule has 164 valence electrons. The van der Waals surface area contributed by atoms with Crippen molar-refractivity contribution in [2.45, 2.75) is 22.0 Å². The number of amides is 1. The number of nitrogens with zero attached hydrogens (tertiary/aromatic N) is 1. The number of hydrogen-bond donors (Lipinski definition) is 2. The molecule has 3 rings (SSSR count). The van der Waals surface area contributed by atoms with Crippen molar-refractivity contribution in [2.75, 3.05) is 24.3 Å². The molecule has 1 aromatic heterocycles. The van der Waals surface area contributed by atoms with E-state index in [0.717, 1.165) is 4.90 Å². The van der Waals surface area contributed by atoms with Crippen LogP contribution in [0.2, 0.25) is 0 Å². The number of hydrogen-bond acceptors (Lipinski definition) is 8. The minimum Gasteiger partial charge on any atom is -0.493 e. The molecule has 31 heavy (non-hydrogen) atoms. The number of sulfonamides is 1. The Labute approximate surface area is 189 Å². The van der Waals surface area contributed by atoms with E-state index in [1.54, 1.807) is 44.7 Å². The summed E-state index contributed by atoms with van der Waals surface area (Å²) in [6.07, 6.45) is 1.52. The Morgan fingerprint density at radius 3 is 2.42 bits per heavy atom. The minimum absolute atomic E-state index is 0.0773. The first-order valence-corrected chi connectivity index (χ1v) is 12.3. The van der Waals surface area contributed by atoms with Crippen LogP contribution in [-0.4, -0.2) is 38.8 Å². The second-order valence-corrected chi connectivity index (χ2v) is 10.2. The number of ether oxygens (including phenoxy) is 2. The average molecular weight is 480 g/mol. The summed E-state index contributed by atoms with van der Waals surface area (Å²) in [6.45, 7) is 1.79. The zero-order chi connectivity index (χ0) is 22.4. The Morgan fingerprint density at radius 2 is 1.81 bits per heavy atom. The Bertz CT molecular complexity index is 1130. The standard InChI is InChI=1S/C20H21N3O5S3/c1-13(30-15-6-9-17(27-2)18(12-15)28-3)19(24)22-14-4-7-16(8-5-14)31(25,26)23-20-21-10-11-29-20/h4-13H,1-3H3,(H,21,23)(H,22,24)/t13-/m0/s1. The number of thioether (sulfide) groups is 1. The maximum atomic E-state index is 12.6. The van der Waals surface area contributed by atoms with Crippen LogP contribution in [0, 0.1) is 0 Å². The fourth-order valence-corrected chi connectivity index (χ4v) is 5.24. The Kier molecular flexibility index (Phi) is 7.42. The van der Waals surface area contributed by atoms with E-state index >= 15 is 0 Å². The maximum absolute atomic E-state index is 12.6. The van der Waals surface area contributed by atoms with Gasteiger partial charge >= 0.3 is 0 Å². The van der Waals surface area contributed by atoms with Gasteiger partial charge in [-0.15, -0.1) is 23.1 Å². The van der Waals surface area contributed by atoms with Crippen LogP contribution in [0.4, 0.5) is 10.8 Å². The van der Waals surface area contributed by atoms with Gasteiger partial charge in [0.2, 0.25) is 5.91 Å². The monoisotopic (exact) mass is 479 g/mol. The van der Waals surface area contributed by atoms with E-state index in [1.165, 1.54) is 41.4 Å². The number of rotatable bonds is 9. The van der Waals surface area contributed by atoms with Crippen molar-refractivity contribution in [2.24, 2.45) is 0 Å². The van der Waals surface area contributed by atoms with Gasteiger partial charge < -0.3 is 14.8 Å². The quantitative estimate of drug-likeness (QED) is 0.445. The lowest BCUT2D eigenvalue weighted by Crippen LogP contribution is -2.22. The molecular formula is C20H21N3O5S3. The Hall–Kier alpha value is -2.76. The highest BCUT2D eigenvalue weighted by Gasteiger charge is 2.18. The van der Waals surface area contributed by atoms with Crippen molar-refractivity contribution in [3.8, 4) is 11.5 Å². The summed E-state index contributed by atoms with van der Waals surface area (Å²) in [6, 6.07) is 11.4. The molecule has 0 unspecified atom stereocenters. The van der Waals surface area contributed by atoms with E-state index in [-0.39, 0.29) is 10.8 Å². The first kappa shape index (κ1) is 22.9. The number of nitrogens with one attached hydrogen (secondary N) is 2. The van der Waals surface area contributed by atoms with E-state index in [0.29, 0.717) is 22.3 Å². The number of anilines is 2. The molecule has 2 N–H and O–H groups in total. The highest BCUT2D eigenvalue weighted by Crippen LogP contribution is 2.33. The number of benzene rings is 2. The third-order valence-electron chi connectivity index (χ3n) is 4.12. The largest absolute Gasteiger partial charge is 0.493 e. The molecule has 8 nitrogen and oxygen atoms in total. The summed E-state index contributed by atoms with van der Waals surface area (Å²) < 4.78 is 37.7. The normalized spacial score (nSPS) is 12.1. The third-order valence-corrected chi connectivity index (χ3v) is 7.39. The minimum atomic E-state index is -3.74. The van der Waals surface area contributed by atoms with Crippen LogP contribution >= 0.6 is 23.1 Å². The van der Waals surface area contributed by atoms with E-state index < -0.39 is 15.3 Å². The number of carbonyl (C=O) groups is 1. The molecule has 0 radical (unpaired) electrons. The van der Waals surface area contributed by atoms with E-state index in [2.05, 4.69) is 15.0 Å². The van der Waals surface area contributed by atoms with E-state index in [1.807, 2.05) is 12.1 Å². The molecule has 1 amide bonds. The van der Waals surface area contributed by atoms with Crippen molar-refractivity contribution < 1.29 is 22.7 Å². The molecule has 0 aliphatic heterocycles. The fraction of sp³-hybridized carbons (Fsp3) is 0.200. The summed E-state index contributed by atoms with van der Waals surface area (Å²) in [7, 11) is -0.623. The number of thiazole rings is 1. The van der Waals surface area contributed by atoms with Crippen LogP contribution in [-0.2, 0) is 14.8 Å². The molecule has 2 aromatic carbocycles. The van der Waals surface area contributed by atoms with Gasteiger partial charge in [-0.1, -0.05) is 0 Å². The molecule has 3 aromatic rings. The molecule has 0 spiro atoms. The van der Waals surface area contributed by atoms with Gasteiger partial charge in [0.1, 0.15) is 0 Å². The van der Waals surface area contributed by atoms with Crippen LogP contribution in [0.1, 0.15) is 6.92 Å². The highest BCUT2D eigenvalue weighted by molar-refractivity contribution is 8.00. The number of carbonyl (C=O) groups excluding carboxylic acids is 1. The van der Waals surface area contributed by atoms with Crippen LogP contribution in [0.15, 0.2) is 63.8 Å². The predicted molar refractivity (Wildman–Crippen MR) is 123 cm³/mol. The maximum Gasteiger partial charge on any atom is 0.263 e. The van der Waals surface area contributed by atoms with Crippen molar-refractivity contribution in [3.63, 3.8) is 0 Å². The predicted octanol–water partition coefficient (Wildman–Crippen LogP) is 4.08. The third kappa shape index (κ3) is 5.90. The van der Waals surface area contributed by atoms with Gasteiger partial charge in [-0.2, -0.15) is 0 Å². The SMILES string of the molecule is COc1ccc(S[C@@H](C)C(=O)Nc2ccc(S(=O)(=O)Nc3nccs3)cc2)cc1OC. The highest BCUT2D eigenvalue weighted by atomic mass is 32.2. The summed E-state index contributed by atoms with van der Waals surface area (Å²) in [5, 5.41) is 4.37. The van der Waals surface area contributed by atoms with Crippen molar-refractivity contribution in [1.29, 1.82) is 0 Å². The van der Waals surface area contributed by atoms with E-state index in [9.17, 15) is 13.2 Å². The summed E-state index contributed by atoms with van der Waals surface area (Å²) in [5.41, 5.74) is 0.498. The van der Waals surface area contributed by atoms with Gasteiger partial charge in [0.15, 0.2) is 16.6 Å². The smallest absolute Gasteiger partial charge is 0.263 e. The van der Waals surface area contributed by atoms with Crippen LogP contribution in [0.25, 0.3) is 0 Å². The zero-order valence-electron chi connectivity index (χ0n) is 17.0. The number of methoxy groups -OCH3 is 2. The molecule has 1 atom stereocenters. The number of aromatic nitrogens is 1. The van der Waals surface area contributed by atoms with Gasteiger partial charge in [0.25, 0.3) is 10.0 Å². The van der Waals surface area contributed by atoms with Crippen molar-refractivity contribution >= 4 is 49.8 Å². The molecule has 0 saturated heterocycles. The molecule has 0 bridgehead atoms. The van der Waals surface area contributed by atoms with Gasteiger partial charge in [-0.3, -0.25) is 9.52 Å². The molecule has 1 heterocycles. The summed E-state index contributed by atoms with van der Waals surface area (Å²) >= 11 is 2.56. The Balaban J connectivity index is 1.62. The van der Waals surface area contributed by atoms with E-state index in [4.69, 9.17) is 9.47 Å². The first-order valence-electron chi connectivity index (χ1n) is 9.04. The molecule has 0 aliphatic rings. The van der Waals surface area contributed by atoms with Crippen LogP contribution in [0.5, 0.6) is 11.5 Å². The molecule has 0 fully saturated rings. The fourth-order valence-electron chi connectivity index (χ4n) is 2.56. The van der Waals surface area contributed by atoms with Gasteiger partial charge in [-0.05, 0) is 49.4 Å². The summed E-state index contributed by atoms with van der Waals surface area (Å²) in [4.78, 5) is 17.4. The second-order valence-electron chi connectivity index (χ2n) is 6.23. The van der Waals surface area contributed by atoms with Gasteiger partial charge in [0.05, 0.1) is 24.4 Å². The Morgan fingerprint density at radius 1 is 1.10 bits per heavy atom. The van der Waals surface area contributed by atoms with Crippen molar-refractivity contribution in [3.05, 3.63) is 54.0 Å². The van der Waals surface area contributed by atoms with Crippen molar-refractivity contribution in [1.82, 2.24) is 4.98 Å². The first-order chi connectivity index (χ1) is 14.8. The molecular weight excluding hydrogens is 458 g/mol. The van der Waals surface area contributed by atoms with Gasteiger partial charge in [0, 0.05) is 22.2 Å². The van der Waals surface area contributed by atoms with Gasteiger partial charge in [-0.25, -0.2) is 13.4 Å². The zero-order valence-corrected chi connectivity index (χ0v) is 19.4. The lowest BCUT2D eigenvalue weighted by atomic mass is 10.3. The average Bonchev–Trinajstić information content (AvgIpc) is 3.26. The molecule has 0 saturated carbocycles. The van der Waals surface area contributed by atoms with Crippen LogP contribution < -0.4 is 19.5 Å². The summed E-state index contributed by atoms with van der Waals surface area (Å²) in [5.74, 6) is 0.989. The lowest BCUT2D eigenvalue weighted by Gasteiger charge is -2.14. The molecule has 11 heteroatoms. The molecule has 0 aliphatic carbocycles. The second kappa shape index (κ2) is 10.0.